The van der Waals surface area contributed by atoms with Gasteiger partial charge in [-0.25, -0.2) is 0 Å². The first-order valence-corrected chi connectivity index (χ1v) is 7.85. The Balaban J connectivity index is 1.38. The molecule has 4 nitrogen and oxygen atoms in total. The number of nitrogens with zero attached hydrogens (tertiary/aromatic N) is 3. The highest BCUT2D eigenvalue weighted by Gasteiger charge is 2.36. The largest absolute Gasteiger partial charge is 0.316 e. The number of hydrogen-bond donors (Lipinski definition) is 1. The number of hydrogen-bond acceptors (Lipinski definition) is 3. The first kappa shape index (κ1) is 11.9. The molecule has 2 saturated heterocycles. The molecule has 0 aromatic carbocycles. The number of aromatic nitrogens is 2. The number of likely N-dealkylation sites (tertiary alicyclic amines) is 1. The van der Waals surface area contributed by atoms with Gasteiger partial charge in [-0.1, -0.05) is 12.8 Å². The summed E-state index contributed by atoms with van der Waals surface area (Å²) in [5.41, 5.74) is 1.26. The third kappa shape index (κ3) is 2.32. The molecule has 0 radical (unpaired) electrons. The second kappa shape index (κ2) is 4.91. The Labute approximate surface area is 115 Å². The standard InChI is InChI=1S/C15H24N4/c1-2-4-15(3-1)19-6-5-14(17-19)11-18-9-12-7-16-8-13(12)10-18/h5-6,12-13,15-16H,1-4,7-11H2/t12-,13+. The van der Waals surface area contributed by atoms with E-state index in [9.17, 15) is 0 Å². The summed E-state index contributed by atoms with van der Waals surface area (Å²) >= 11 is 0. The molecule has 4 heteroatoms. The van der Waals surface area contributed by atoms with Gasteiger partial charge in [-0.05, 0) is 43.8 Å². The first-order chi connectivity index (χ1) is 9.38. The Morgan fingerprint density at radius 2 is 1.89 bits per heavy atom. The minimum absolute atomic E-state index is 0.677. The molecule has 3 fully saturated rings. The quantitative estimate of drug-likeness (QED) is 0.897. The van der Waals surface area contributed by atoms with Gasteiger partial charge in [0.15, 0.2) is 0 Å². The third-order valence-electron chi connectivity index (χ3n) is 5.21. The van der Waals surface area contributed by atoms with Crippen LogP contribution in [0.3, 0.4) is 0 Å². The summed E-state index contributed by atoms with van der Waals surface area (Å²) in [7, 11) is 0. The van der Waals surface area contributed by atoms with Gasteiger partial charge in [0, 0.05) is 25.8 Å². The molecule has 1 saturated carbocycles. The van der Waals surface area contributed by atoms with Crippen LogP contribution in [0.15, 0.2) is 12.3 Å². The summed E-state index contributed by atoms with van der Waals surface area (Å²) in [5, 5.41) is 8.31. The summed E-state index contributed by atoms with van der Waals surface area (Å²) in [6, 6.07) is 2.90. The van der Waals surface area contributed by atoms with Crippen LogP contribution in [0.4, 0.5) is 0 Å². The van der Waals surface area contributed by atoms with Gasteiger partial charge in [-0.2, -0.15) is 5.10 Å². The summed E-state index contributed by atoms with van der Waals surface area (Å²) < 4.78 is 2.22. The Bertz CT molecular complexity index is 423. The number of nitrogens with one attached hydrogen (secondary N) is 1. The zero-order valence-corrected chi connectivity index (χ0v) is 11.6. The Morgan fingerprint density at radius 1 is 1.16 bits per heavy atom. The van der Waals surface area contributed by atoms with E-state index in [-0.39, 0.29) is 0 Å². The average molecular weight is 260 g/mol. The van der Waals surface area contributed by atoms with Crippen LogP contribution in [0, 0.1) is 11.8 Å². The van der Waals surface area contributed by atoms with Crippen molar-refractivity contribution >= 4 is 0 Å². The second-order valence-electron chi connectivity index (χ2n) is 6.60. The van der Waals surface area contributed by atoms with Gasteiger partial charge < -0.3 is 5.32 Å². The highest BCUT2D eigenvalue weighted by molar-refractivity contribution is 5.02. The zero-order valence-electron chi connectivity index (χ0n) is 11.6. The summed E-state index contributed by atoms with van der Waals surface area (Å²) in [6.07, 6.45) is 7.59. The maximum Gasteiger partial charge on any atom is 0.0764 e. The van der Waals surface area contributed by atoms with Gasteiger partial charge in [-0.15, -0.1) is 0 Å². The highest BCUT2D eigenvalue weighted by Crippen LogP contribution is 2.30. The van der Waals surface area contributed by atoms with Crippen molar-refractivity contribution in [2.45, 2.75) is 38.3 Å². The molecule has 3 aliphatic rings. The zero-order chi connectivity index (χ0) is 12.7. The van der Waals surface area contributed by atoms with Crippen molar-refractivity contribution < 1.29 is 0 Å². The van der Waals surface area contributed by atoms with Crippen molar-refractivity contribution in [3.05, 3.63) is 18.0 Å². The second-order valence-corrected chi connectivity index (χ2v) is 6.60. The molecule has 0 amide bonds. The van der Waals surface area contributed by atoms with Crippen molar-refractivity contribution in [1.29, 1.82) is 0 Å². The summed E-state index contributed by atoms with van der Waals surface area (Å²) in [6.45, 7) is 6.00. The molecule has 1 aliphatic carbocycles. The summed E-state index contributed by atoms with van der Waals surface area (Å²) in [4.78, 5) is 2.59. The van der Waals surface area contributed by atoms with E-state index in [1.165, 1.54) is 57.6 Å². The number of fused-ring (bicyclic) bond motifs is 1. The van der Waals surface area contributed by atoms with Crippen LogP contribution in [0.25, 0.3) is 0 Å². The molecule has 1 N–H and O–H groups in total. The molecule has 0 bridgehead atoms. The summed E-state index contributed by atoms with van der Waals surface area (Å²) in [5.74, 6) is 1.77. The molecule has 104 valence electrons. The van der Waals surface area contributed by atoms with Crippen LogP contribution in [0.1, 0.15) is 37.4 Å². The lowest BCUT2D eigenvalue weighted by Gasteiger charge is -2.15. The highest BCUT2D eigenvalue weighted by atomic mass is 15.3. The molecule has 2 atom stereocenters. The van der Waals surface area contributed by atoms with Gasteiger partial charge in [0.2, 0.25) is 0 Å². The number of rotatable bonds is 3. The van der Waals surface area contributed by atoms with E-state index in [0.717, 1.165) is 18.4 Å². The molecular weight excluding hydrogens is 236 g/mol. The van der Waals surface area contributed by atoms with Crippen molar-refractivity contribution in [2.75, 3.05) is 26.2 Å². The predicted molar refractivity (Wildman–Crippen MR) is 74.9 cm³/mol. The average Bonchev–Trinajstić information content (AvgIpc) is 3.12. The van der Waals surface area contributed by atoms with E-state index in [1.807, 2.05) is 0 Å². The fraction of sp³-hybridized carbons (Fsp3) is 0.800. The molecule has 3 heterocycles. The minimum Gasteiger partial charge on any atom is -0.316 e. The van der Waals surface area contributed by atoms with E-state index >= 15 is 0 Å². The normalized spacial score (nSPS) is 32.2. The van der Waals surface area contributed by atoms with Gasteiger partial charge in [-0.3, -0.25) is 9.58 Å². The maximum absolute atomic E-state index is 4.81. The van der Waals surface area contributed by atoms with Crippen molar-refractivity contribution in [2.24, 2.45) is 11.8 Å². The van der Waals surface area contributed by atoms with Crippen LogP contribution in [0.5, 0.6) is 0 Å². The SMILES string of the molecule is c1cn(C2CCCC2)nc1CN1C[C@H]2CNC[C@H]2C1. The molecule has 2 aliphatic heterocycles. The van der Waals surface area contributed by atoms with E-state index in [4.69, 9.17) is 5.10 Å². The molecular formula is C15H24N4. The van der Waals surface area contributed by atoms with Crippen molar-refractivity contribution in [3.8, 4) is 0 Å². The molecule has 4 rings (SSSR count). The fourth-order valence-corrected chi connectivity index (χ4v) is 4.14. The van der Waals surface area contributed by atoms with Gasteiger partial charge >= 0.3 is 0 Å². The molecule has 0 unspecified atom stereocenters. The van der Waals surface area contributed by atoms with Crippen molar-refractivity contribution in [3.63, 3.8) is 0 Å². The maximum atomic E-state index is 4.81. The molecule has 19 heavy (non-hydrogen) atoms. The lowest BCUT2D eigenvalue weighted by molar-refractivity contribution is 0.299. The van der Waals surface area contributed by atoms with Crippen LogP contribution in [-0.4, -0.2) is 40.9 Å². The van der Waals surface area contributed by atoms with Crippen LogP contribution < -0.4 is 5.32 Å². The smallest absolute Gasteiger partial charge is 0.0764 e. The lowest BCUT2D eigenvalue weighted by atomic mass is 10.0. The Kier molecular flexibility index (Phi) is 3.08. The topological polar surface area (TPSA) is 33.1 Å². The third-order valence-corrected chi connectivity index (χ3v) is 5.21. The van der Waals surface area contributed by atoms with Gasteiger partial charge in [0.05, 0.1) is 11.7 Å². The monoisotopic (exact) mass is 260 g/mol. The van der Waals surface area contributed by atoms with Crippen LogP contribution in [0.2, 0.25) is 0 Å². The fourth-order valence-electron chi connectivity index (χ4n) is 4.14. The van der Waals surface area contributed by atoms with Crippen LogP contribution >= 0.6 is 0 Å². The van der Waals surface area contributed by atoms with E-state index in [0.29, 0.717) is 6.04 Å². The van der Waals surface area contributed by atoms with E-state index in [1.54, 1.807) is 0 Å². The van der Waals surface area contributed by atoms with Crippen molar-refractivity contribution in [1.82, 2.24) is 20.0 Å². The lowest BCUT2D eigenvalue weighted by Crippen LogP contribution is -2.25. The molecule has 0 spiro atoms. The predicted octanol–water partition coefficient (Wildman–Crippen LogP) is 1.65. The van der Waals surface area contributed by atoms with Crippen LogP contribution in [-0.2, 0) is 6.54 Å². The van der Waals surface area contributed by atoms with E-state index in [2.05, 4.69) is 27.2 Å². The van der Waals surface area contributed by atoms with E-state index < -0.39 is 0 Å². The molecule has 1 aromatic heterocycles. The molecule has 1 aromatic rings. The van der Waals surface area contributed by atoms with Gasteiger partial charge in [0.25, 0.3) is 0 Å². The van der Waals surface area contributed by atoms with Gasteiger partial charge in [0.1, 0.15) is 0 Å². The Morgan fingerprint density at radius 3 is 2.63 bits per heavy atom. The Hall–Kier alpha value is -0.870. The first-order valence-electron chi connectivity index (χ1n) is 7.85. The minimum atomic E-state index is 0.677.